The van der Waals surface area contributed by atoms with Gasteiger partial charge < -0.3 is 29.6 Å². The lowest BCUT2D eigenvalue weighted by atomic mass is 9.84. The minimum absolute atomic E-state index is 0.136. The molecule has 2 N–H and O–H groups in total. The molecule has 8 nitrogen and oxygen atoms in total. The third-order valence-corrected chi connectivity index (χ3v) is 11.2. The second kappa shape index (κ2) is 24.2. The lowest BCUT2D eigenvalue weighted by molar-refractivity contribution is -0.213. The van der Waals surface area contributed by atoms with E-state index in [-0.39, 0.29) is 25.0 Å². The predicted octanol–water partition coefficient (Wildman–Crippen LogP) is 10.8. The number of carbonyl (C=O) groups is 2. The van der Waals surface area contributed by atoms with Crippen LogP contribution < -0.4 is 10.6 Å². The van der Waals surface area contributed by atoms with Gasteiger partial charge in [0.2, 0.25) is 12.6 Å². The van der Waals surface area contributed by atoms with Crippen molar-refractivity contribution in [3.8, 4) is 0 Å². The Morgan fingerprint density at radius 3 is 0.984 bits per heavy atom. The van der Waals surface area contributed by atoms with Gasteiger partial charge in [0, 0.05) is 11.8 Å². The Kier molecular flexibility index (Phi) is 18.0. The number of carbonyl (C=O) groups excluding carboxylic acids is 2. The van der Waals surface area contributed by atoms with E-state index in [0.29, 0.717) is 13.1 Å². The zero-order chi connectivity index (χ0) is 45.3. The van der Waals surface area contributed by atoms with E-state index in [1.165, 1.54) is 0 Å². The normalized spacial score (nSPS) is 13.3. The van der Waals surface area contributed by atoms with Crippen LogP contribution in [0.25, 0.3) is 0 Å². The van der Waals surface area contributed by atoms with Crippen molar-refractivity contribution in [2.24, 2.45) is 0 Å². The van der Waals surface area contributed by atoms with Crippen molar-refractivity contribution < 1.29 is 28.5 Å². The Labute approximate surface area is 380 Å². The summed E-state index contributed by atoms with van der Waals surface area (Å²) >= 11 is 0. The van der Waals surface area contributed by atoms with E-state index in [1.54, 1.807) is 0 Å². The minimum atomic E-state index is -1.22. The molecule has 0 saturated carbocycles. The van der Waals surface area contributed by atoms with E-state index in [1.807, 2.05) is 100 Å². The van der Waals surface area contributed by atoms with Gasteiger partial charge in [-0.3, -0.25) is 0 Å². The largest absolute Gasteiger partial charge is 0.426 e. The maximum atomic E-state index is 14.5. The zero-order valence-corrected chi connectivity index (χ0v) is 38.2. The van der Waals surface area contributed by atoms with E-state index < -0.39 is 36.6 Å². The minimum Gasteiger partial charge on any atom is -0.426 e. The van der Waals surface area contributed by atoms with Gasteiger partial charge in [0.15, 0.2) is 0 Å². The fraction of sp³-hybridized carbons (Fsp3) is 0.321. The van der Waals surface area contributed by atoms with Crippen LogP contribution in [0, 0.1) is 27.7 Å². The first-order valence-electron chi connectivity index (χ1n) is 22.6. The molecule has 4 atom stereocenters. The highest BCUT2D eigenvalue weighted by molar-refractivity contribution is 6.29. The smallest absolute Gasteiger partial charge is 0.419 e. The maximum absolute atomic E-state index is 14.5. The molecule has 8 heteroatoms. The van der Waals surface area contributed by atoms with Crippen molar-refractivity contribution >= 4 is 11.9 Å². The molecular weight excluding hydrogens is 797 g/mol. The Balaban J connectivity index is 1.39. The highest BCUT2D eigenvalue weighted by Crippen LogP contribution is 2.34. The van der Waals surface area contributed by atoms with Gasteiger partial charge in [0.1, 0.15) is 0 Å². The fourth-order valence-corrected chi connectivity index (χ4v) is 8.61. The lowest BCUT2D eigenvalue weighted by Crippen LogP contribution is -2.51. The summed E-state index contributed by atoms with van der Waals surface area (Å²) in [5, 5.41) is 7.32. The maximum Gasteiger partial charge on any atom is 0.419 e. The molecule has 0 amide bonds. The van der Waals surface area contributed by atoms with Crippen molar-refractivity contribution in [2.75, 3.05) is 13.1 Å². The van der Waals surface area contributed by atoms with Crippen LogP contribution in [0.1, 0.15) is 94.2 Å². The molecule has 0 bridgehead atoms. The summed E-state index contributed by atoms with van der Waals surface area (Å²) < 4.78 is 25.9. The van der Waals surface area contributed by atoms with Crippen LogP contribution in [0.5, 0.6) is 0 Å². The Morgan fingerprint density at radius 2 is 0.719 bits per heavy atom. The highest BCUT2D eigenvalue weighted by Gasteiger charge is 2.40. The number of aryl methyl sites for hydroxylation is 4. The number of benzene rings is 6. The van der Waals surface area contributed by atoms with Gasteiger partial charge in [-0.1, -0.05) is 194 Å². The van der Waals surface area contributed by atoms with Crippen LogP contribution in [-0.2, 0) is 41.8 Å². The fourth-order valence-electron chi connectivity index (χ4n) is 8.61. The standard InChI is InChI=1S/C56H64N2O6/c1-7-29-57-51(49(45-21-13-9-14-22-45)46-23-15-10-16-24-46)55(61-37-43-33-39(3)31-40(4)34-43)63-53(59)54(60)64-56(62-38-44-35-41(5)32-42(6)36-44)52(58-30-8-2)50(47-25-17-11-18-26-47)48-27-19-12-20-28-48/h9-28,31-36,49-52,55-58H,7-8,29-30,37-38H2,1-6H3. The van der Waals surface area contributed by atoms with Crippen molar-refractivity contribution in [1.29, 1.82) is 0 Å². The quantitative estimate of drug-likeness (QED) is 0.0396. The summed E-state index contributed by atoms with van der Waals surface area (Å²) in [6, 6.07) is 51.6. The highest BCUT2D eigenvalue weighted by atomic mass is 16.7. The molecule has 0 radical (unpaired) electrons. The SMILES string of the molecule is CCCNC(C(OCc1cc(C)cc(C)c1)OC(=O)C(=O)OC(OCc1cc(C)cc(C)c1)C(NCCC)C(c1ccccc1)c1ccccc1)C(c1ccccc1)c1ccccc1. The molecule has 0 aromatic heterocycles. The first-order chi connectivity index (χ1) is 31.1. The first kappa shape index (κ1) is 47.6. The molecule has 0 saturated heterocycles. The second-order valence-electron chi connectivity index (χ2n) is 16.7. The molecule has 0 aliphatic carbocycles. The van der Waals surface area contributed by atoms with E-state index in [2.05, 4.69) is 109 Å². The van der Waals surface area contributed by atoms with Crippen molar-refractivity contribution in [3.05, 3.63) is 213 Å². The Hall–Kier alpha value is -5.90. The summed E-state index contributed by atoms with van der Waals surface area (Å²) in [6.45, 7) is 13.8. The third-order valence-electron chi connectivity index (χ3n) is 11.2. The molecule has 0 spiro atoms. The molecule has 4 unspecified atom stereocenters. The van der Waals surface area contributed by atoms with Gasteiger partial charge in [0.25, 0.3) is 0 Å². The Bertz CT molecular complexity index is 2050. The summed E-state index contributed by atoms with van der Waals surface area (Å²) in [4.78, 5) is 29.0. The van der Waals surface area contributed by atoms with Gasteiger partial charge in [0.05, 0.1) is 25.3 Å². The molecule has 0 heterocycles. The summed E-state index contributed by atoms with van der Waals surface area (Å²) in [7, 11) is 0. The lowest BCUT2D eigenvalue weighted by Gasteiger charge is -2.35. The molecule has 64 heavy (non-hydrogen) atoms. The summed E-state index contributed by atoms with van der Waals surface area (Å²) in [6.07, 6.45) is -0.824. The van der Waals surface area contributed by atoms with Gasteiger partial charge in [-0.15, -0.1) is 0 Å². The zero-order valence-electron chi connectivity index (χ0n) is 38.2. The van der Waals surface area contributed by atoms with Crippen molar-refractivity contribution in [3.63, 3.8) is 0 Å². The van der Waals surface area contributed by atoms with Crippen LogP contribution in [0.4, 0.5) is 0 Å². The van der Waals surface area contributed by atoms with E-state index in [0.717, 1.165) is 68.5 Å². The average Bonchev–Trinajstić information content (AvgIpc) is 3.30. The molecule has 0 fully saturated rings. The van der Waals surface area contributed by atoms with Crippen molar-refractivity contribution in [1.82, 2.24) is 10.6 Å². The molecule has 334 valence electrons. The molecular formula is C56H64N2O6. The van der Waals surface area contributed by atoms with Gasteiger partial charge in [-0.05, 0) is 87.0 Å². The van der Waals surface area contributed by atoms with E-state index in [4.69, 9.17) is 18.9 Å². The number of rotatable bonds is 22. The second-order valence-corrected chi connectivity index (χ2v) is 16.7. The van der Waals surface area contributed by atoms with Crippen LogP contribution in [0.3, 0.4) is 0 Å². The van der Waals surface area contributed by atoms with Crippen LogP contribution in [0.2, 0.25) is 0 Å². The summed E-state index contributed by atoms with van der Waals surface area (Å²) in [5.74, 6) is -3.01. The number of esters is 2. The Morgan fingerprint density at radius 1 is 0.438 bits per heavy atom. The van der Waals surface area contributed by atoms with Gasteiger partial charge in [-0.2, -0.15) is 0 Å². The van der Waals surface area contributed by atoms with Gasteiger partial charge in [-0.25, -0.2) is 9.59 Å². The molecule has 6 rings (SSSR count). The van der Waals surface area contributed by atoms with E-state index in [9.17, 15) is 9.59 Å². The van der Waals surface area contributed by atoms with Gasteiger partial charge >= 0.3 is 11.9 Å². The van der Waals surface area contributed by atoms with Crippen LogP contribution in [0.15, 0.2) is 158 Å². The summed E-state index contributed by atoms with van der Waals surface area (Å²) in [5.41, 5.74) is 10.2. The molecule has 6 aromatic carbocycles. The number of nitrogens with one attached hydrogen (secondary N) is 2. The predicted molar refractivity (Wildman–Crippen MR) is 255 cm³/mol. The van der Waals surface area contributed by atoms with E-state index >= 15 is 0 Å². The number of hydrogen-bond acceptors (Lipinski definition) is 8. The van der Waals surface area contributed by atoms with Crippen LogP contribution >= 0.6 is 0 Å². The topological polar surface area (TPSA) is 95.1 Å². The van der Waals surface area contributed by atoms with Crippen LogP contribution in [-0.4, -0.2) is 49.7 Å². The molecule has 0 aliphatic heterocycles. The third kappa shape index (κ3) is 13.6. The monoisotopic (exact) mass is 860 g/mol. The average molecular weight is 861 g/mol. The molecule has 6 aromatic rings. The van der Waals surface area contributed by atoms with Crippen molar-refractivity contribution in [2.45, 2.75) is 104 Å². The molecule has 0 aliphatic rings. The number of ether oxygens (including phenoxy) is 4. The first-order valence-corrected chi connectivity index (χ1v) is 22.6. The number of hydrogen-bond donors (Lipinski definition) is 2.